The predicted octanol–water partition coefficient (Wildman–Crippen LogP) is 3.74. The van der Waals surface area contributed by atoms with Gasteiger partial charge in [0.05, 0.1) is 0 Å². The second-order valence-corrected chi connectivity index (χ2v) is 5.40. The lowest BCUT2D eigenvalue weighted by Crippen LogP contribution is -2.10. The number of rotatable bonds is 3. The van der Waals surface area contributed by atoms with E-state index in [2.05, 4.69) is 18.0 Å². The van der Waals surface area contributed by atoms with Crippen molar-refractivity contribution >= 4 is 17.2 Å². The van der Waals surface area contributed by atoms with E-state index in [1.807, 2.05) is 32.9 Å². The Hall–Kier alpha value is -1.94. The van der Waals surface area contributed by atoms with Gasteiger partial charge >= 0.3 is 0 Å². The zero-order chi connectivity index (χ0) is 14.9. The second kappa shape index (κ2) is 5.59. The molecule has 4 heteroatoms. The van der Waals surface area contributed by atoms with Crippen LogP contribution in [-0.4, -0.2) is 9.97 Å². The van der Waals surface area contributed by atoms with E-state index < -0.39 is 0 Å². The number of hydrogen-bond acceptors (Lipinski definition) is 3. The third-order valence-corrected chi connectivity index (χ3v) is 3.53. The van der Waals surface area contributed by atoms with Gasteiger partial charge in [-0.05, 0) is 50.5 Å². The van der Waals surface area contributed by atoms with Crippen LogP contribution in [0.15, 0.2) is 24.3 Å². The van der Waals surface area contributed by atoms with Crippen molar-refractivity contribution in [2.75, 3.05) is 0 Å². The largest absolute Gasteiger partial charge is 0.438 e. The Morgan fingerprint density at radius 2 is 1.75 bits per heavy atom. The van der Waals surface area contributed by atoms with Crippen LogP contribution in [0.3, 0.4) is 0 Å². The van der Waals surface area contributed by atoms with E-state index in [9.17, 15) is 0 Å². The van der Waals surface area contributed by atoms with E-state index in [0.717, 1.165) is 28.1 Å². The number of nitrogens with zero attached hydrogens (tertiary/aromatic N) is 1. The summed E-state index contributed by atoms with van der Waals surface area (Å²) in [5.74, 6) is 1.36. The molecule has 104 valence electrons. The summed E-state index contributed by atoms with van der Waals surface area (Å²) in [5.41, 5.74) is 10.7. The van der Waals surface area contributed by atoms with Crippen molar-refractivity contribution < 1.29 is 4.74 Å². The average Bonchev–Trinajstić information content (AvgIpc) is 2.38. The summed E-state index contributed by atoms with van der Waals surface area (Å²) in [5, 5.41) is 0. The Morgan fingerprint density at radius 3 is 2.40 bits per heavy atom. The van der Waals surface area contributed by atoms with E-state index in [4.69, 9.17) is 22.7 Å². The van der Waals surface area contributed by atoms with Crippen molar-refractivity contribution in [2.45, 2.75) is 27.7 Å². The van der Waals surface area contributed by atoms with Gasteiger partial charge in [-0.1, -0.05) is 24.4 Å². The summed E-state index contributed by atoms with van der Waals surface area (Å²) in [6.07, 6.45) is 0. The van der Waals surface area contributed by atoms with Crippen molar-refractivity contribution in [2.24, 2.45) is 5.73 Å². The highest BCUT2D eigenvalue weighted by atomic mass is 32.1. The van der Waals surface area contributed by atoms with Gasteiger partial charge in [0.2, 0.25) is 5.88 Å². The molecule has 0 aliphatic carbocycles. The van der Waals surface area contributed by atoms with Crippen LogP contribution < -0.4 is 10.5 Å². The first-order valence-electron chi connectivity index (χ1n) is 6.41. The van der Waals surface area contributed by atoms with E-state index in [-0.39, 0.29) is 0 Å². The van der Waals surface area contributed by atoms with Gasteiger partial charge in [0, 0.05) is 17.3 Å². The molecular weight excluding hydrogens is 268 g/mol. The molecule has 1 aromatic carbocycles. The van der Waals surface area contributed by atoms with E-state index >= 15 is 0 Å². The van der Waals surface area contributed by atoms with Crippen LogP contribution in [0.1, 0.15) is 27.9 Å². The molecule has 0 radical (unpaired) electrons. The van der Waals surface area contributed by atoms with Crippen molar-refractivity contribution in [1.82, 2.24) is 4.98 Å². The highest BCUT2D eigenvalue weighted by molar-refractivity contribution is 7.80. The summed E-state index contributed by atoms with van der Waals surface area (Å²) >= 11 is 5.01. The standard InChI is InChI=1S/C16H18N2OS/c1-9-5-6-10(2)15(12(9)4)19-14-8-13(16(17)20)7-11(3)18-14/h5-8H,1-4H3,(H2,17,20). The third kappa shape index (κ3) is 2.96. The normalized spacial score (nSPS) is 10.4. The van der Waals surface area contributed by atoms with Crippen molar-refractivity contribution in [3.63, 3.8) is 0 Å². The maximum absolute atomic E-state index is 5.97. The van der Waals surface area contributed by atoms with Crippen LogP contribution >= 0.6 is 12.2 Å². The topological polar surface area (TPSA) is 48.1 Å². The number of aromatic nitrogens is 1. The molecule has 0 bridgehead atoms. The van der Waals surface area contributed by atoms with Crippen molar-refractivity contribution in [1.29, 1.82) is 0 Å². The van der Waals surface area contributed by atoms with Crippen LogP contribution in [0.5, 0.6) is 11.6 Å². The lowest BCUT2D eigenvalue weighted by molar-refractivity contribution is 0.454. The molecule has 0 fully saturated rings. The molecule has 0 saturated carbocycles. The molecule has 0 saturated heterocycles. The predicted molar refractivity (Wildman–Crippen MR) is 85.6 cm³/mol. The summed E-state index contributed by atoms with van der Waals surface area (Å²) in [6.45, 7) is 8.02. The molecule has 2 N–H and O–H groups in total. The first-order valence-corrected chi connectivity index (χ1v) is 6.82. The summed E-state index contributed by atoms with van der Waals surface area (Å²) < 4.78 is 5.97. The first kappa shape index (κ1) is 14.5. The van der Waals surface area contributed by atoms with Gasteiger partial charge in [-0.3, -0.25) is 0 Å². The summed E-state index contributed by atoms with van der Waals surface area (Å²) in [4.78, 5) is 4.73. The first-order chi connectivity index (χ1) is 9.38. The zero-order valence-corrected chi connectivity index (χ0v) is 13.0. The Balaban J connectivity index is 2.45. The number of benzene rings is 1. The van der Waals surface area contributed by atoms with Crippen LogP contribution in [0.25, 0.3) is 0 Å². The molecule has 20 heavy (non-hydrogen) atoms. The fourth-order valence-electron chi connectivity index (χ4n) is 2.02. The molecule has 0 amide bonds. The quantitative estimate of drug-likeness (QED) is 0.873. The molecule has 0 atom stereocenters. The lowest BCUT2D eigenvalue weighted by Gasteiger charge is -2.14. The third-order valence-electron chi connectivity index (χ3n) is 3.29. The highest BCUT2D eigenvalue weighted by Gasteiger charge is 2.10. The SMILES string of the molecule is Cc1cc(C(N)=S)cc(Oc2c(C)ccc(C)c2C)n1. The van der Waals surface area contributed by atoms with Gasteiger partial charge in [-0.25, -0.2) is 4.98 Å². The van der Waals surface area contributed by atoms with Crippen LogP contribution in [0.4, 0.5) is 0 Å². The maximum atomic E-state index is 5.97. The Morgan fingerprint density at radius 1 is 1.10 bits per heavy atom. The number of hydrogen-bond donors (Lipinski definition) is 1. The molecular formula is C16H18N2OS. The number of nitrogens with two attached hydrogens (primary N) is 1. The molecule has 2 rings (SSSR count). The summed E-state index contributed by atoms with van der Waals surface area (Å²) in [6, 6.07) is 7.76. The van der Waals surface area contributed by atoms with Crippen molar-refractivity contribution in [3.8, 4) is 11.6 Å². The van der Waals surface area contributed by atoms with Gasteiger partial charge < -0.3 is 10.5 Å². The monoisotopic (exact) mass is 286 g/mol. The van der Waals surface area contributed by atoms with E-state index in [1.54, 1.807) is 6.07 Å². The second-order valence-electron chi connectivity index (χ2n) is 4.96. The van der Waals surface area contributed by atoms with Gasteiger partial charge in [-0.15, -0.1) is 0 Å². The molecule has 2 aromatic rings. The molecule has 0 spiro atoms. The Bertz CT molecular complexity index is 680. The molecule has 0 unspecified atom stereocenters. The number of thiocarbonyl (C=S) groups is 1. The highest BCUT2D eigenvalue weighted by Crippen LogP contribution is 2.30. The molecule has 0 aliphatic heterocycles. The van der Waals surface area contributed by atoms with E-state index in [0.29, 0.717) is 10.9 Å². The minimum Gasteiger partial charge on any atom is -0.438 e. The number of ether oxygens (including phenoxy) is 1. The molecule has 0 aliphatic rings. The van der Waals surface area contributed by atoms with Gasteiger partial charge in [0.1, 0.15) is 10.7 Å². The van der Waals surface area contributed by atoms with Crippen LogP contribution in [0.2, 0.25) is 0 Å². The smallest absolute Gasteiger partial charge is 0.220 e. The van der Waals surface area contributed by atoms with Crippen LogP contribution in [-0.2, 0) is 0 Å². The average molecular weight is 286 g/mol. The molecule has 3 nitrogen and oxygen atoms in total. The number of aryl methyl sites for hydroxylation is 3. The lowest BCUT2D eigenvalue weighted by atomic mass is 10.1. The van der Waals surface area contributed by atoms with Crippen LogP contribution in [0, 0.1) is 27.7 Å². The summed E-state index contributed by atoms with van der Waals surface area (Å²) in [7, 11) is 0. The fraction of sp³-hybridized carbons (Fsp3) is 0.250. The fourth-order valence-corrected chi connectivity index (χ4v) is 2.14. The Labute approximate surface area is 124 Å². The van der Waals surface area contributed by atoms with Gasteiger partial charge in [0.15, 0.2) is 0 Å². The van der Waals surface area contributed by atoms with Gasteiger partial charge in [-0.2, -0.15) is 0 Å². The van der Waals surface area contributed by atoms with E-state index in [1.165, 1.54) is 5.56 Å². The van der Waals surface area contributed by atoms with Gasteiger partial charge in [0.25, 0.3) is 0 Å². The molecule has 1 aromatic heterocycles. The Kier molecular flexibility index (Phi) is 4.04. The number of pyridine rings is 1. The minimum atomic E-state index is 0.345. The zero-order valence-electron chi connectivity index (χ0n) is 12.2. The minimum absolute atomic E-state index is 0.345. The molecule has 1 heterocycles. The maximum Gasteiger partial charge on any atom is 0.220 e. The van der Waals surface area contributed by atoms with Crippen molar-refractivity contribution in [3.05, 3.63) is 52.2 Å².